The lowest BCUT2D eigenvalue weighted by Gasteiger charge is -2.23. The van der Waals surface area contributed by atoms with E-state index in [0.29, 0.717) is 17.4 Å². The van der Waals surface area contributed by atoms with Crippen molar-refractivity contribution in [2.75, 3.05) is 18.4 Å². The van der Waals surface area contributed by atoms with Gasteiger partial charge in [-0.05, 0) is 63.2 Å². The molecule has 3 heterocycles. The van der Waals surface area contributed by atoms with Gasteiger partial charge in [-0.1, -0.05) is 5.21 Å². The molecule has 1 aliphatic rings. The fourth-order valence-electron chi connectivity index (χ4n) is 3.26. The van der Waals surface area contributed by atoms with E-state index >= 15 is 0 Å². The van der Waals surface area contributed by atoms with E-state index in [2.05, 4.69) is 26.0 Å². The minimum Gasteiger partial charge on any atom is -0.321 e. The summed E-state index contributed by atoms with van der Waals surface area (Å²) in [5.74, 6) is -0.241. The Morgan fingerprint density at radius 2 is 2.00 bits per heavy atom. The molecule has 8 nitrogen and oxygen atoms in total. The highest BCUT2D eigenvalue weighted by Gasteiger charge is 2.22. The van der Waals surface area contributed by atoms with Gasteiger partial charge in [0.05, 0.1) is 17.4 Å². The smallest absolute Gasteiger partial charge is 0.278 e. The van der Waals surface area contributed by atoms with Gasteiger partial charge in [-0.25, -0.2) is 9.36 Å². The Bertz CT molecular complexity index is 877. The average Bonchev–Trinajstić information content (AvgIpc) is 3.33. The molecule has 0 unspecified atom stereocenters. The van der Waals surface area contributed by atoms with Gasteiger partial charge < -0.3 is 10.6 Å². The van der Waals surface area contributed by atoms with E-state index in [0.717, 1.165) is 37.3 Å². The van der Waals surface area contributed by atoms with E-state index < -0.39 is 0 Å². The van der Waals surface area contributed by atoms with E-state index in [1.54, 1.807) is 10.9 Å². The van der Waals surface area contributed by atoms with Gasteiger partial charge in [-0.3, -0.25) is 4.79 Å². The summed E-state index contributed by atoms with van der Waals surface area (Å²) in [5, 5.41) is 18.7. The lowest BCUT2D eigenvalue weighted by molar-refractivity contribution is 0.102. The van der Waals surface area contributed by atoms with Crippen LogP contribution in [0.3, 0.4) is 0 Å². The van der Waals surface area contributed by atoms with Crippen LogP contribution in [0.1, 0.15) is 35.1 Å². The number of hydrogen-bond acceptors (Lipinski definition) is 5. The highest BCUT2D eigenvalue weighted by Crippen LogP contribution is 2.21. The SMILES string of the molecule is Cc1c(C(=O)Nc2ccc(-n3cccn3)cc2)nnn1C1CCNCC1. The van der Waals surface area contributed by atoms with Crippen LogP contribution in [0.2, 0.25) is 0 Å². The Kier molecular flexibility index (Phi) is 4.49. The molecule has 2 aromatic heterocycles. The number of nitrogens with zero attached hydrogens (tertiary/aromatic N) is 5. The second-order valence-corrected chi connectivity index (χ2v) is 6.40. The summed E-state index contributed by atoms with van der Waals surface area (Å²) < 4.78 is 3.65. The predicted molar refractivity (Wildman–Crippen MR) is 97.4 cm³/mol. The first-order valence-electron chi connectivity index (χ1n) is 8.76. The van der Waals surface area contributed by atoms with Crippen molar-refractivity contribution in [3.63, 3.8) is 0 Å². The van der Waals surface area contributed by atoms with Crippen molar-refractivity contribution in [2.24, 2.45) is 0 Å². The summed E-state index contributed by atoms with van der Waals surface area (Å²) in [6.45, 7) is 3.83. The van der Waals surface area contributed by atoms with Gasteiger partial charge in [0.15, 0.2) is 5.69 Å². The molecule has 8 heteroatoms. The van der Waals surface area contributed by atoms with E-state index in [1.165, 1.54) is 0 Å². The van der Waals surface area contributed by atoms with Crippen molar-refractivity contribution in [3.8, 4) is 5.69 Å². The highest BCUT2D eigenvalue weighted by molar-refractivity contribution is 6.03. The van der Waals surface area contributed by atoms with Gasteiger partial charge in [0.2, 0.25) is 0 Å². The zero-order valence-electron chi connectivity index (χ0n) is 14.6. The number of carbonyl (C=O) groups is 1. The zero-order chi connectivity index (χ0) is 17.9. The third-order valence-electron chi connectivity index (χ3n) is 4.69. The van der Waals surface area contributed by atoms with Gasteiger partial charge >= 0.3 is 0 Å². The van der Waals surface area contributed by atoms with Crippen LogP contribution in [0.15, 0.2) is 42.7 Å². The first kappa shape index (κ1) is 16.5. The maximum atomic E-state index is 12.6. The lowest BCUT2D eigenvalue weighted by atomic mass is 10.1. The molecule has 1 fully saturated rings. The molecular weight excluding hydrogens is 330 g/mol. The van der Waals surface area contributed by atoms with Gasteiger partial charge in [-0.15, -0.1) is 5.10 Å². The van der Waals surface area contributed by atoms with Crippen molar-refractivity contribution in [1.82, 2.24) is 30.1 Å². The molecule has 0 saturated carbocycles. The Hall–Kier alpha value is -3.00. The quantitative estimate of drug-likeness (QED) is 0.750. The molecule has 26 heavy (non-hydrogen) atoms. The van der Waals surface area contributed by atoms with Gasteiger partial charge in [-0.2, -0.15) is 5.10 Å². The Morgan fingerprint density at radius 3 is 2.69 bits per heavy atom. The summed E-state index contributed by atoms with van der Waals surface area (Å²) >= 11 is 0. The van der Waals surface area contributed by atoms with Crippen LogP contribution < -0.4 is 10.6 Å². The first-order chi connectivity index (χ1) is 12.7. The van der Waals surface area contributed by atoms with Crippen LogP contribution in [-0.4, -0.2) is 43.8 Å². The summed E-state index contributed by atoms with van der Waals surface area (Å²) in [6.07, 6.45) is 5.60. The average molecular weight is 351 g/mol. The third-order valence-corrected chi connectivity index (χ3v) is 4.69. The van der Waals surface area contributed by atoms with Crippen molar-refractivity contribution in [2.45, 2.75) is 25.8 Å². The van der Waals surface area contributed by atoms with Crippen molar-refractivity contribution >= 4 is 11.6 Å². The van der Waals surface area contributed by atoms with E-state index in [-0.39, 0.29) is 5.91 Å². The van der Waals surface area contributed by atoms with Crippen LogP contribution in [0, 0.1) is 6.92 Å². The largest absolute Gasteiger partial charge is 0.321 e. The number of amides is 1. The predicted octanol–water partition coefficient (Wildman–Crippen LogP) is 1.95. The van der Waals surface area contributed by atoms with Crippen LogP contribution in [0.25, 0.3) is 5.69 Å². The molecule has 1 amide bonds. The summed E-state index contributed by atoms with van der Waals surface area (Å²) in [6, 6.07) is 9.68. The van der Waals surface area contributed by atoms with Crippen molar-refractivity contribution in [1.29, 1.82) is 0 Å². The second kappa shape index (κ2) is 7.09. The maximum absolute atomic E-state index is 12.6. The Balaban J connectivity index is 1.47. The van der Waals surface area contributed by atoms with E-state index in [1.807, 2.05) is 48.1 Å². The van der Waals surface area contributed by atoms with Crippen LogP contribution in [0.5, 0.6) is 0 Å². The van der Waals surface area contributed by atoms with Crippen LogP contribution in [0.4, 0.5) is 5.69 Å². The van der Waals surface area contributed by atoms with Crippen LogP contribution >= 0.6 is 0 Å². The molecule has 2 N–H and O–H groups in total. The number of rotatable bonds is 4. The standard InChI is InChI=1S/C18H21N7O/c1-13-17(22-23-25(13)16-7-10-19-11-8-16)18(26)21-14-3-5-15(6-4-14)24-12-2-9-20-24/h2-6,9,12,16,19H,7-8,10-11H2,1H3,(H,21,26). The molecule has 0 atom stereocenters. The molecule has 1 aliphatic heterocycles. The molecule has 0 spiro atoms. The molecule has 1 aromatic carbocycles. The molecule has 0 radical (unpaired) electrons. The number of carbonyl (C=O) groups excluding carboxylic acids is 1. The lowest BCUT2D eigenvalue weighted by Crippen LogP contribution is -2.30. The van der Waals surface area contributed by atoms with Crippen molar-refractivity contribution < 1.29 is 4.79 Å². The van der Waals surface area contributed by atoms with Gasteiger partial charge in [0, 0.05) is 18.1 Å². The molecule has 0 bridgehead atoms. The van der Waals surface area contributed by atoms with Crippen molar-refractivity contribution in [3.05, 3.63) is 54.1 Å². The Labute approximate surface area is 151 Å². The number of nitrogens with one attached hydrogen (secondary N) is 2. The normalized spacial score (nSPS) is 15.1. The molecule has 3 aromatic rings. The monoisotopic (exact) mass is 351 g/mol. The topological polar surface area (TPSA) is 89.7 Å². The first-order valence-corrected chi connectivity index (χ1v) is 8.76. The molecule has 0 aliphatic carbocycles. The molecule has 134 valence electrons. The fraction of sp³-hybridized carbons (Fsp3) is 0.333. The van der Waals surface area contributed by atoms with E-state index in [4.69, 9.17) is 0 Å². The van der Waals surface area contributed by atoms with E-state index in [9.17, 15) is 4.79 Å². The minimum absolute atomic E-state index is 0.241. The minimum atomic E-state index is -0.241. The number of aromatic nitrogens is 5. The molecular formula is C18H21N7O. The zero-order valence-corrected chi connectivity index (χ0v) is 14.6. The number of anilines is 1. The van der Waals surface area contributed by atoms with Crippen LogP contribution in [-0.2, 0) is 0 Å². The number of benzene rings is 1. The number of piperidine rings is 1. The maximum Gasteiger partial charge on any atom is 0.278 e. The third kappa shape index (κ3) is 3.23. The second-order valence-electron chi connectivity index (χ2n) is 6.40. The van der Waals surface area contributed by atoms with Gasteiger partial charge in [0.1, 0.15) is 0 Å². The fourth-order valence-corrected chi connectivity index (χ4v) is 3.26. The Morgan fingerprint density at radius 1 is 1.23 bits per heavy atom. The number of hydrogen-bond donors (Lipinski definition) is 2. The summed E-state index contributed by atoms with van der Waals surface area (Å²) in [5.41, 5.74) is 2.82. The molecule has 4 rings (SSSR count). The molecule has 1 saturated heterocycles. The summed E-state index contributed by atoms with van der Waals surface area (Å²) in [4.78, 5) is 12.6. The highest BCUT2D eigenvalue weighted by atomic mass is 16.2. The summed E-state index contributed by atoms with van der Waals surface area (Å²) in [7, 11) is 0. The van der Waals surface area contributed by atoms with Gasteiger partial charge in [0.25, 0.3) is 5.91 Å².